The summed E-state index contributed by atoms with van der Waals surface area (Å²) in [7, 11) is 0. The Balaban J connectivity index is 1.46. The number of ketones is 1. The van der Waals surface area contributed by atoms with Crippen LogP contribution in [0.1, 0.15) is 36.5 Å². The van der Waals surface area contributed by atoms with Crippen molar-refractivity contribution in [2.75, 3.05) is 18.4 Å². The maximum atomic E-state index is 14.0. The van der Waals surface area contributed by atoms with Crippen molar-refractivity contribution in [3.63, 3.8) is 0 Å². The van der Waals surface area contributed by atoms with E-state index in [9.17, 15) is 14.9 Å². The molecule has 0 radical (unpaired) electrons. The lowest BCUT2D eigenvalue weighted by Gasteiger charge is -2.37. The van der Waals surface area contributed by atoms with Gasteiger partial charge in [-0.3, -0.25) is 9.59 Å². The highest BCUT2D eigenvalue weighted by molar-refractivity contribution is 6.06. The highest BCUT2D eigenvalue weighted by Crippen LogP contribution is 2.51. The Morgan fingerprint density at radius 2 is 2.05 bits per heavy atom. The van der Waals surface area contributed by atoms with Gasteiger partial charge in [-0.2, -0.15) is 10.4 Å². The maximum absolute atomic E-state index is 14.0. The Morgan fingerprint density at radius 3 is 2.74 bits per heavy atom. The molecule has 2 atom stereocenters. The molecule has 3 aromatic heterocycles. The van der Waals surface area contributed by atoms with E-state index in [2.05, 4.69) is 32.1 Å². The number of nitriles is 1. The van der Waals surface area contributed by atoms with E-state index in [1.165, 1.54) is 6.20 Å². The smallest absolute Gasteiger partial charge is 0.252 e. The number of nitrogens with zero attached hydrogens (tertiary/aromatic N) is 6. The number of nitrogens with one attached hydrogen (secondary N) is 2. The first kappa shape index (κ1) is 23.8. The molecule has 1 aliphatic heterocycles. The second-order valence-corrected chi connectivity index (χ2v) is 10.1. The number of carbonyl (C=O) groups is 2. The number of fused-ring (bicyclic) bond motifs is 1. The van der Waals surface area contributed by atoms with Gasteiger partial charge in [0.1, 0.15) is 16.6 Å². The minimum absolute atomic E-state index is 0.0741. The Kier molecular flexibility index (Phi) is 5.50. The van der Waals surface area contributed by atoms with Crippen molar-refractivity contribution in [1.82, 2.24) is 29.9 Å². The molecule has 6 rings (SSSR count). The quantitative estimate of drug-likeness (QED) is 0.327. The van der Waals surface area contributed by atoms with E-state index in [0.717, 1.165) is 17.7 Å². The average molecular weight is 510 g/mol. The van der Waals surface area contributed by atoms with Crippen molar-refractivity contribution >= 4 is 22.9 Å². The SMILES string of the molecule is CC[C@H]1CNC[C@]1(Nc1c(C(N)=O)cnn2cc(-c3cn(-c4ccccc4)nn3)cc12)C(=O)C1(C#N)CC1. The van der Waals surface area contributed by atoms with E-state index in [0.29, 0.717) is 42.8 Å². The van der Waals surface area contributed by atoms with Crippen molar-refractivity contribution in [1.29, 1.82) is 5.26 Å². The number of amides is 1. The van der Waals surface area contributed by atoms with Crippen LogP contribution in [0, 0.1) is 22.7 Å². The summed E-state index contributed by atoms with van der Waals surface area (Å²) in [6.07, 6.45) is 6.82. The molecule has 11 heteroatoms. The molecule has 4 heterocycles. The summed E-state index contributed by atoms with van der Waals surface area (Å²) in [6.45, 7) is 2.99. The number of anilines is 1. The zero-order valence-corrected chi connectivity index (χ0v) is 20.9. The van der Waals surface area contributed by atoms with Gasteiger partial charge < -0.3 is 16.4 Å². The van der Waals surface area contributed by atoms with E-state index in [1.54, 1.807) is 15.4 Å². The zero-order chi connectivity index (χ0) is 26.5. The number of rotatable bonds is 8. The normalized spacial score (nSPS) is 21.7. The molecule has 4 N–H and O–H groups in total. The van der Waals surface area contributed by atoms with Gasteiger partial charge in [0.25, 0.3) is 5.91 Å². The predicted molar refractivity (Wildman–Crippen MR) is 139 cm³/mol. The Bertz CT molecular complexity index is 1600. The minimum Gasteiger partial charge on any atom is -0.369 e. The third-order valence-electron chi connectivity index (χ3n) is 7.85. The molecule has 1 aliphatic carbocycles. The molecule has 4 aromatic rings. The number of primary amides is 1. The second kappa shape index (κ2) is 8.78. The van der Waals surface area contributed by atoms with Crippen LogP contribution in [0.2, 0.25) is 0 Å². The molecule has 2 fully saturated rings. The lowest BCUT2D eigenvalue weighted by atomic mass is 9.75. The Morgan fingerprint density at radius 1 is 1.26 bits per heavy atom. The third-order valence-corrected chi connectivity index (χ3v) is 7.85. The first-order valence-electron chi connectivity index (χ1n) is 12.7. The number of hydrogen-bond donors (Lipinski definition) is 3. The van der Waals surface area contributed by atoms with Crippen LogP contribution < -0.4 is 16.4 Å². The van der Waals surface area contributed by atoms with E-state index in [4.69, 9.17) is 5.73 Å². The number of para-hydroxylation sites is 1. The largest absolute Gasteiger partial charge is 0.369 e. The average Bonchev–Trinajstić information content (AvgIpc) is 3.26. The Hall–Kier alpha value is -4.56. The molecule has 2 aliphatic rings. The fourth-order valence-electron chi connectivity index (χ4n) is 5.51. The second-order valence-electron chi connectivity index (χ2n) is 10.1. The van der Waals surface area contributed by atoms with Crippen molar-refractivity contribution in [2.45, 2.75) is 31.7 Å². The molecule has 38 heavy (non-hydrogen) atoms. The number of aromatic nitrogens is 5. The van der Waals surface area contributed by atoms with Crippen LogP contribution in [0.25, 0.3) is 22.5 Å². The summed E-state index contributed by atoms with van der Waals surface area (Å²) in [6, 6.07) is 13.7. The van der Waals surface area contributed by atoms with Crippen molar-refractivity contribution in [2.24, 2.45) is 17.1 Å². The van der Waals surface area contributed by atoms with Crippen molar-refractivity contribution in [3.05, 3.63) is 60.6 Å². The fraction of sp³-hybridized carbons (Fsp3) is 0.333. The summed E-state index contributed by atoms with van der Waals surface area (Å²) in [4.78, 5) is 26.5. The molecule has 0 bridgehead atoms. The summed E-state index contributed by atoms with van der Waals surface area (Å²) in [5.41, 5.74) is 7.10. The van der Waals surface area contributed by atoms with Gasteiger partial charge in [-0.1, -0.05) is 30.3 Å². The summed E-state index contributed by atoms with van der Waals surface area (Å²) < 4.78 is 3.31. The zero-order valence-electron chi connectivity index (χ0n) is 20.9. The van der Waals surface area contributed by atoms with Crippen molar-refractivity contribution in [3.8, 4) is 23.0 Å². The number of carbonyl (C=O) groups excluding carboxylic acids is 2. The minimum atomic E-state index is -1.06. The van der Waals surface area contributed by atoms with E-state index in [-0.39, 0.29) is 17.3 Å². The lowest BCUT2D eigenvalue weighted by molar-refractivity contribution is -0.127. The monoisotopic (exact) mass is 509 g/mol. The number of nitrogens with two attached hydrogens (primary N) is 1. The van der Waals surface area contributed by atoms with Crippen LogP contribution in [-0.2, 0) is 4.79 Å². The topological polar surface area (TPSA) is 156 Å². The van der Waals surface area contributed by atoms with Crippen LogP contribution in [0.15, 0.2) is 55.0 Å². The summed E-state index contributed by atoms with van der Waals surface area (Å²) >= 11 is 0. The molecule has 1 saturated carbocycles. The van der Waals surface area contributed by atoms with Crippen LogP contribution in [-0.4, -0.2) is 54.9 Å². The number of Topliss-reactive ketones (excluding diaryl/α,β-unsaturated/α-hetero) is 1. The highest BCUT2D eigenvalue weighted by atomic mass is 16.1. The molecule has 1 aromatic carbocycles. The molecule has 1 amide bonds. The van der Waals surface area contributed by atoms with E-state index < -0.39 is 16.9 Å². The molecular formula is C27H27N9O2. The highest BCUT2D eigenvalue weighted by Gasteiger charge is 2.61. The standard InChI is InChI=1S/C27H27N9O2/c1-2-18-11-30-16-27(18,25(38)26(15-28)8-9-26)32-23-20(24(29)37)12-31-36-13-17(10-22(23)36)21-14-35(34-33-21)19-6-4-3-5-7-19/h3-7,10,12-14,18,30,32H,2,8-9,11,16H2,1H3,(H2,29,37)/t18-,27+/m0/s1. The predicted octanol–water partition coefficient (Wildman–Crippen LogP) is 2.33. The number of benzene rings is 1. The van der Waals surface area contributed by atoms with Crippen LogP contribution in [0.3, 0.4) is 0 Å². The molecule has 192 valence electrons. The first-order valence-corrected chi connectivity index (χ1v) is 12.7. The van der Waals surface area contributed by atoms with Gasteiger partial charge in [-0.25, -0.2) is 9.20 Å². The van der Waals surface area contributed by atoms with Gasteiger partial charge in [0.15, 0.2) is 5.78 Å². The summed E-state index contributed by atoms with van der Waals surface area (Å²) in [5.74, 6) is -0.870. The molecule has 1 saturated heterocycles. The van der Waals surface area contributed by atoms with Gasteiger partial charge in [-0.15, -0.1) is 5.10 Å². The van der Waals surface area contributed by atoms with Crippen molar-refractivity contribution < 1.29 is 9.59 Å². The summed E-state index contributed by atoms with van der Waals surface area (Å²) in [5, 5.41) is 29.6. The molecule has 0 unspecified atom stereocenters. The van der Waals surface area contributed by atoms with Gasteiger partial charge in [-0.05, 0) is 37.5 Å². The third kappa shape index (κ3) is 3.64. The lowest BCUT2D eigenvalue weighted by Crippen LogP contribution is -2.56. The molecule has 0 spiro atoms. The number of hydrogen-bond acceptors (Lipinski definition) is 8. The van der Waals surface area contributed by atoms with Gasteiger partial charge in [0.2, 0.25) is 0 Å². The van der Waals surface area contributed by atoms with E-state index >= 15 is 0 Å². The maximum Gasteiger partial charge on any atom is 0.252 e. The van der Waals surface area contributed by atoms with Gasteiger partial charge >= 0.3 is 0 Å². The van der Waals surface area contributed by atoms with Crippen LogP contribution in [0.4, 0.5) is 5.69 Å². The van der Waals surface area contributed by atoms with Gasteiger partial charge in [0.05, 0.1) is 40.9 Å². The van der Waals surface area contributed by atoms with E-state index in [1.807, 2.05) is 49.5 Å². The molecule has 11 nitrogen and oxygen atoms in total. The first-order chi connectivity index (χ1) is 18.4. The fourth-order valence-corrected chi connectivity index (χ4v) is 5.51. The molecular weight excluding hydrogens is 482 g/mol. The Labute approximate surface area is 218 Å². The van der Waals surface area contributed by atoms with Crippen LogP contribution >= 0.6 is 0 Å². The van der Waals surface area contributed by atoms with Crippen LogP contribution in [0.5, 0.6) is 0 Å². The van der Waals surface area contributed by atoms with Gasteiger partial charge in [0, 0.05) is 30.8 Å².